The van der Waals surface area contributed by atoms with Crippen molar-refractivity contribution < 1.29 is 13.2 Å². The summed E-state index contributed by atoms with van der Waals surface area (Å²) in [7, 11) is -3.10. The fourth-order valence-electron chi connectivity index (χ4n) is 3.36. The number of carbonyl (C=O) groups is 1. The third-order valence-electron chi connectivity index (χ3n) is 4.49. The molecule has 1 saturated heterocycles. The Balaban J connectivity index is 1.87. The minimum absolute atomic E-state index is 0.0582. The molecule has 1 aliphatic heterocycles. The zero-order chi connectivity index (χ0) is 17.5. The van der Waals surface area contributed by atoms with Crippen molar-refractivity contribution in [1.82, 2.24) is 14.5 Å². The average molecular weight is 351 g/mol. The predicted molar refractivity (Wildman–Crippen MR) is 91.7 cm³/mol. The molecule has 24 heavy (non-hydrogen) atoms. The molecule has 1 amide bonds. The Morgan fingerprint density at radius 1 is 1.25 bits per heavy atom. The molecule has 1 aliphatic rings. The lowest BCUT2D eigenvalue weighted by molar-refractivity contribution is -0.123. The number of para-hydroxylation sites is 2. The maximum atomic E-state index is 12.5. The Labute approximate surface area is 140 Å². The van der Waals surface area contributed by atoms with Gasteiger partial charge in [-0.25, -0.2) is 13.2 Å². The molecule has 3 rings (SSSR count). The second-order valence-corrected chi connectivity index (χ2v) is 8.74. The molecule has 0 radical (unpaired) electrons. The van der Waals surface area contributed by atoms with E-state index in [1.165, 1.54) is 4.57 Å². The lowest BCUT2D eigenvalue weighted by atomic mass is 10.0. The Bertz CT molecular complexity index is 957. The van der Waals surface area contributed by atoms with E-state index in [1.54, 1.807) is 17.6 Å². The summed E-state index contributed by atoms with van der Waals surface area (Å²) in [6.07, 6.45) is 0.396. The van der Waals surface area contributed by atoms with Crippen molar-refractivity contribution in [3.05, 3.63) is 34.7 Å². The van der Waals surface area contributed by atoms with Crippen LogP contribution in [-0.4, -0.2) is 40.5 Å². The highest BCUT2D eigenvalue weighted by molar-refractivity contribution is 7.91. The number of amides is 1. The second kappa shape index (κ2) is 5.77. The van der Waals surface area contributed by atoms with Crippen molar-refractivity contribution in [3.8, 4) is 0 Å². The van der Waals surface area contributed by atoms with Crippen LogP contribution >= 0.6 is 0 Å². The zero-order valence-corrected chi connectivity index (χ0v) is 14.6. The van der Waals surface area contributed by atoms with Gasteiger partial charge in [-0.1, -0.05) is 12.1 Å². The lowest BCUT2D eigenvalue weighted by Crippen LogP contribution is -2.48. The second-order valence-electron chi connectivity index (χ2n) is 6.55. The highest BCUT2D eigenvalue weighted by Crippen LogP contribution is 2.22. The number of carbonyl (C=O) groups excluding carboxylic acids is 1. The third kappa shape index (κ3) is 2.98. The van der Waals surface area contributed by atoms with Crippen LogP contribution in [0.4, 0.5) is 0 Å². The van der Waals surface area contributed by atoms with Gasteiger partial charge in [0.15, 0.2) is 9.84 Å². The van der Waals surface area contributed by atoms with E-state index in [9.17, 15) is 18.0 Å². The summed E-state index contributed by atoms with van der Waals surface area (Å²) in [5, 5.41) is 2.79. The molecule has 130 valence electrons. The maximum Gasteiger partial charge on any atom is 0.329 e. The van der Waals surface area contributed by atoms with E-state index in [2.05, 4.69) is 5.32 Å². The van der Waals surface area contributed by atoms with Crippen LogP contribution in [0.2, 0.25) is 0 Å². The first-order chi connectivity index (χ1) is 11.2. The highest BCUT2D eigenvalue weighted by Gasteiger charge is 2.39. The summed E-state index contributed by atoms with van der Waals surface area (Å²) < 4.78 is 26.3. The van der Waals surface area contributed by atoms with Gasteiger partial charge in [-0.05, 0) is 32.4 Å². The van der Waals surface area contributed by atoms with Crippen LogP contribution < -0.4 is 11.0 Å². The van der Waals surface area contributed by atoms with Crippen molar-refractivity contribution in [1.29, 1.82) is 0 Å². The van der Waals surface area contributed by atoms with Gasteiger partial charge < -0.3 is 5.32 Å². The minimum atomic E-state index is -3.10. The minimum Gasteiger partial charge on any atom is -0.348 e. The van der Waals surface area contributed by atoms with Gasteiger partial charge in [0.1, 0.15) is 6.54 Å². The summed E-state index contributed by atoms with van der Waals surface area (Å²) >= 11 is 0. The number of sulfone groups is 1. The van der Waals surface area contributed by atoms with Crippen LogP contribution in [0.15, 0.2) is 29.1 Å². The summed E-state index contributed by atoms with van der Waals surface area (Å²) in [5.41, 5.74) is 0.483. The van der Waals surface area contributed by atoms with E-state index in [4.69, 9.17) is 0 Å². The van der Waals surface area contributed by atoms with Gasteiger partial charge >= 0.3 is 5.69 Å². The number of nitrogens with one attached hydrogen (secondary N) is 1. The van der Waals surface area contributed by atoms with Gasteiger partial charge in [0.2, 0.25) is 5.91 Å². The molecule has 0 bridgehead atoms. The lowest BCUT2D eigenvalue weighted by Gasteiger charge is -2.23. The van der Waals surface area contributed by atoms with Crippen molar-refractivity contribution in [2.24, 2.45) is 0 Å². The van der Waals surface area contributed by atoms with E-state index >= 15 is 0 Å². The van der Waals surface area contributed by atoms with E-state index in [0.717, 1.165) is 5.52 Å². The molecule has 0 spiro atoms. The predicted octanol–water partition coefficient (Wildman–Crippen LogP) is 0.516. The number of hydrogen-bond donors (Lipinski definition) is 1. The number of aryl methyl sites for hydroxylation is 1. The number of hydrogen-bond acceptors (Lipinski definition) is 4. The molecule has 2 heterocycles. The number of rotatable bonds is 4. The smallest absolute Gasteiger partial charge is 0.329 e. The molecular formula is C16H21N3O4S. The van der Waals surface area contributed by atoms with Crippen LogP contribution in [-0.2, 0) is 27.7 Å². The van der Waals surface area contributed by atoms with Gasteiger partial charge in [0, 0.05) is 6.54 Å². The Hall–Kier alpha value is -2.09. The topological polar surface area (TPSA) is 90.2 Å². The Morgan fingerprint density at radius 2 is 1.88 bits per heavy atom. The van der Waals surface area contributed by atoms with Gasteiger partial charge in [-0.3, -0.25) is 13.9 Å². The SMILES string of the molecule is CCn1c(=O)n(CC(=O)N[C@]2(C)CCS(=O)(=O)C2)c2ccccc21. The Morgan fingerprint density at radius 3 is 2.42 bits per heavy atom. The van der Waals surface area contributed by atoms with Crippen LogP contribution in [0.25, 0.3) is 11.0 Å². The maximum absolute atomic E-state index is 12.5. The molecule has 1 aromatic heterocycles. The molecule has 0 saturated carbocycles. The summed E-state index contributed by atoms with van der Waals surface area (Å²) in [6.45, 7) is 4.00. The highest BCUT2D eigenvalue weighted by atomic mass is 32.2. The Kier molecular flexibility index (Phi) is 4.03. The van der Waals surface area contributed by atoms with Crippen molar-refractivity contribution in [3.63, 3.8) is 0 Å². The molecular weight excluding hydrogens is 330 g/mol. The fraction of sp³-hybridized carbons (Fsp3) is 0.500. The first-order valence-electron chi connectivity index (χ1n) is 7.94. The number of aromatic nitrogens is 2. The molecule has 0 unspecified atom stereocenters. The quantitative estimate of drug-likeness (QED) is 0.869. The number of benzene rings is 1. The standard InChI is InChI=1S/C16H21N3O4S/c1-3-18-12-6-4-5-7-13(12)19(15(18)21)10-14(20)17-16(2)8-9-24(22,23)11-16/h4-7H,3,8-11H2,1-2H3,(H,17,20)/t16-/m1/s1. The molecule has 1 atom stereocenters. The average Bonchev–Trinajstić information content (AvgIpc) is 2.93. The number of fused-ring (bicyclic) bond motifs is 1. The molecule has 1 fully saturated rings. The first kappa shape index (κ1) is 16.8. The summed E-state index contributed by atoms with van der Waals surface area (Å²) in [6, 6.07) is 7.32. The molecule has 7 nitrogen and oxygen atoms in total. The normalized spacial score (nSPS) is 22.8. The van der Waals surface area contributed by atoms with Crippen LogP contribution in [0.3, 0.4) is 0 Å². The van der Waals surface area contributed by atoms with E-state index in [0.29, 0.717) is 18.5 Å². The van der Waals surface area contributed by atoms with Gasteiger partial charge in [-0.15, -0.1) is 0 Å². The fourth-order valence-corrected chi connectivity index (χ4v) is 5.45. The van der Waals surface area contributed by atoms with E-state index in [-0.39, 0.29) is 29.6 Å². The van der Waals surface area contributed by atoms with Crippen molar-refractivity contribution in [2.75, 3.05) is 11.5 Å². The molecule has 0 aliphatic carbocycles. The summed E-state index contributed by atoms with van der Waals surface area (Å²) in [5.74, 6) is -0.327. The summed E-state index contributed by atoms with van der Waals surface area (Å²) in [4.78, 5) is 24.9. The van der Waals surface area contributed by atoms with Crippen LogP contribution in [0, 0.1) is 0 Å². The number of imidazole rings is 1. The van der Waals surface area contributed by atoms with E-state index < -0.39 is 15.4 Å². The van der Waals surface area contributed by atoms with Crippen molar-refractivity contribution >= 4 is 26.8 Å². The third-order valence-corrected chi connectivity index (χ3v) is 6.39. The van der Waals surface area contributed by atoms with Crippen molar-refractivity contribution in [2.45, 2.75) is 38.9 Å². The first-order valence-corrected chi connectivity index (χ1v) is 9.76. The van der Waals surface area contributed by atoms with Crippen LogP contribution in [0.5, 0.6) is 0 Å². The number of nitrogens with zero attached hydrogens (tertiary/aromatic N) is 2. The monoisotopic (exact) mass is 351 g/mol. The molecule has 2 aromatic rings. The largest absolute Gasteiger partial charge is 0.348 e. The molecule has 8 heteroatoms. The van der Waals surface area contributed by atoms with E-state index in [1.807, 2.05) is 25.1 Å². The van der Waals surface area contributed by atoms with Gasteiger partial charge in [0.25, 0.3) is 0 Å². The zero-order valence-electron chi connectivity index (χ0n) is 13.8. The van der Waals surface area contributed by atoms with Gasteiger partial charge in [-0.2, -0.15) is 0 Å². The molecule has 1 N–H and O–H groups in total. The molecule has 1 aromatic carbocycles. The van der Waals surface area contributed by atoms with Gasteiger partial charge in [0.05, 0.1) is 28.1 Å². The van der Waals surface area contributed by atoms with Crippen LogP contribution in [0.1, 0.15) is 20.3 Å².